The molecule has 1 saturated heterocycles. The minimum atomic E-state index is 0. The molecule has 0 amide bonds. The smallest absolute Gasteiger partial charge is 0.188 e. The number of nitrogens with zero attached hydrogens (tertiary/aromatic N) is 2. The molecule has 3 N–H and O–H groups in total. The van der Waals surface area contributed by atoms with E-state index in [1.807, 2.05) is 13.8 Å². The summed E-state index contributed by atoms with van der Waals surface area (Å²) in [7, 11) is 0. The maximum absolute atomic E-state index is 5.78. The third-order valence-electron chi connectivity index (χ3n) is 2.75. The number of nitrogens with two attached hydrogens (primary N) is 1. The van der Waals surface area contributed by atoms with Crippen LogP contribution >= 0.6 is 24.0 Å². The van der Waals surface area contributed by atoms with Crippen LogP contribution in [0.4, 0.5) is 0 Å². The molecule has 1 heterocycles. The molecular weight excluding hydrogens is 355 g/mol. The Hall–Kier alpha value is -0.0800. The number of hydrogen-bond donors (Lipinski definition) is 2. The van der Waals surface area contributed by atoms with Crippen molar-refractivity contribution in [2.75, 3.05) is 32.8 Å². The maximum Gasteiger partial charge on any atom is 0.188 e. The van der Waals surface area contributed by atoms with E-state index in [9.17, 15) is 0 Å². The molecule has 1 aliphatic rings. The maximum atomic E-state index is 5.78. The lowest BCUT2D eigenvalue weighted by atomic mass is 10.2. The van der Waals surface area contributed by atoms with Gasteiger partial charge in [-0.15, -0.1) is 24.0 Å². The van der Waals surface area contributed by atoms with Crippen molar-refractivity contribution in [3.63, 3.8) is 0 Å². The summed E-state index contributed by atoms with van der Waals surface area (Å²) in [6.07, 6.45) is 0.171. The third kappa shape index (κ3) is 8.65. The molecule has 6 heteroatoms. The molecule has 1 atom stereocenters. The molecule has 0 spiro atoms. The fourth-order valence-corrected chi connectivity index (χ4v) is 2.11. The normalized spacial score (nSPS) is 21.6. The quantitative estimate of drug-likeness (QED) is 0.426. The van der Waals surface area contributed by atoms with Crippen LogP contribution < -0.4 is 11.1 Å². The summed E-state index contributed by atoms with van der Waals surface area (Å²) in [5, 5.41) is 3.08. The number of halogens is 1. The van der Waals surface area contributed by atoms with Gasteiger partial charge in [0.2, 0.25) is 0 Å². The van der Waals surface area contributed by atoms with Gasteiger partial charge in [0, 0.05) is 25.7 Å². The van der Waals surface area contributed by atoms with Crippen LogP contribution in [0.15, 0.2) is 4.99 Å². The molecule has 0 bridgehead atoms. The van der Waals surface area contributed by atoms with Crippen LogP contribution in [-0.2, 0) is 4.74 Å². The summed E-state index contributed by atoms with van der Waals surface area (Å²) in [6, 6.07) is 0.318. The number of morpholine rings is 1. The Bertz CT molecular complexity index is 271. The van der Waals surface area contributed by atoms with Gasteiger partial charge in [-0.1, -0.05) is 13.8 Å². The van der Waals surface area contributed by atoms with E-state index in [1.165, 1.54) is 0 Å². The van der Waals surface area contributed by atoms with Crippen LogP contribution in [0.2, 0.25) is 0 Å². The van der Waals surface area contributed by atoms with Crippen LogP contribution in [0.5, 0.6) is 0 Å². The predicted molar refractivity (Wildman–Crippen MR) is 91.2 cm³/mol. The van der Waals surface area contributed by atoms with Crippen molar-refractivity contribution < 1.29 is 4.74 Å². The minimum absolute atomic E-state index is 0. The Morgan fingerprint density at radius 2 is 2.11 bits per heavy atom. The van der Waals surface area contributed by atoms with Gasteiger partial charge in [-0.3, -0.25) is 9.89 Å². The van der Waals surface area contributed by atoms with Gasteiger partial charge in [-0.2, -0.15) is 0 Å². The number of aliphatic imine (C=N–C) groups is 1. The Balaban J connectivity index is 0.00000324. The molecule has 1 unspecified atom stereocenters. The zero-order valence-corrected chi connectivity index (χ0v) is 14.9. The van der Waals surface area contributed by atoms with Gasteiger partial charge in [-0.25, -0.2) is 0 Å². The summed E-state index contributed by atoms with van der Waals surface area (Å²) in [6.45, 7) is 13.1. The monoisotopic (exact) mass is 384 g/mol. The largest absolute Gasteiger partial charge is 0.374 e. The molecule has 5 nitrogen and oxygen atoms in total. The van der Waals surface area contributed by atoms with Crippen molar-refractivity contribution in [3.8, 4) is 0 Å². The second-order valence-corrected chi connectivity index (χ2v) is 5.67. The molecule has 1 fully saturated rings. The van der Waals surface area contributed by atoms with Crippen molar-refractivity contribution in [3.05, 3.63) is 0 Å². The molecule has 0 aromatic heterocycles. The molecule has 1 rings (SSSR count). The number of hydrogen-bond acceptors (Lipinski definition) is 3. The lowest BCUT2D eigenvalue weighted by molar-refractivity contribution is -0.0261. The van der Waals surface area contributed by atoms with Crippen LogP contribution in [0, 0.1) is 5.92 Å². The van der Waals surface area contributed by atoms with Crippen molar-refractivity contribution in [2.24, 2.45) is 16.6 Å². The minimum Gasteiger partial charge on any atom is -0.374 e. The van der Waals surface area contributed by atoms with Crippen LogP contribution in [0.1, 0.15) is 27.7 Å². The molecule has 0 aromatic carbocycles. The van der Waals surface area contributed by atoms with Crippen molar-refractivity contribution in [2.45, 2.75) is 39.8 Å². The van der Waals surface area contributed by atoms with E-state index in [0.29, 0.717) is 24.5 Å². The van der Waals surface area contributed by atoms with Gasteiger partial charge in [0.1, 0.15) is 0 Å². The van der Waals surface area contributed by atoms with E-state index < -0.39 is 0 Å². The van der Waals surface area contributed by atoms with E-state index >= 15 is 0 Å². The Morgan fingerprint density at radius 1 is 1.42 bits per heavy atom. The summed E-state index contributed by atoms with van der Waals surface area (Å²) in [4.78, 5) is 6.78. The third-order valence-corrected chi connectivity index (χ3v) is 2.75. The first kappa shape index (κ1) is 18.9. The van der Waals surface area contributed by atoms with Gasteiger partial charge in [0.15, 0.2) is 5.96 Å². The zero-order valence-electron chi connectivity index (χ0n) is 12.6. The van der Waals surface area contributed by atoms with Crippen molar-refractivity contribution in [1.82, 2.24) is 10.2 Å². The molecule has 0 radical (unpaired) electrons. The number of guanidine groups is 1. The molecule has 0 aliphatic carbocycles. The lowest BCUT2D eigenvalue weighted by Crippen LogP contribution is -2.45. The van der Waals surface area contributed by atoms with E-state index in [-0.39, 0.29) is 30.1 Å². The molecule has 0 saturated carbocycles. The fraction of sp³-hybridized carbons (Fsp3) is 0.923. The van der Waals surface area contributed by atoms with E-state index in [1.54, 1.807) is 0 Å². The lowest BCUT2D eigenvalue weighted by Gasteiger charge is -2.33. The summed E-state index contributed by atoms with van der Waals surface area (Å²) < 4.78 is 5.71. The van der Waals surface area contributed by atoms with Gasteiger partial charge in [0.25, 0.3) is 0 Å². The Labute approximate surface area is 134 Å². The highest BCUT2D eigenvalue weighted by Crippen LogP contribution is 2.08. The van der Waals surface area contributed by atoms with E-state index in [4.69, 9.17) is 10.5 Å². The molecule has 0 aromatic rings. The average molecular weight is 384 g/mol. The highest BCUT2D eigenvalue weighted by molar-refractivity contribution is 14.0. The topological polar surface area (TPSA) is 62.9 Å². The summed E-state index contributed by atoms with van der Waals surface area (Å²) in [5.74, 6) is 1.20. The fourth-order valence-electron chi connectivity index (χ4n) is 2.11. The average Bonchev–Trinajstić information content (AvgIpc) is 2.25. The number of rotatable bonds is 5. The summed E-state index contributed by atoms with van der Waals surface area (Å²) in [5.41, 5.74) is 5.78. The van der Waals surface area contributed by atoms with Gasteiger partial charge in [-0.05, 0) is 19.8 Å². The molecule has 114 valence electrons. The highest BCUT2D eigenvalue weighted by atomic mass is 127. The van der Waals surface area contributed by atoms with E-state index in [2.05, 4.69) is 29.1 Å². The number of ether oxygens (including phenoxy) is 1. The SMILES string of the molecule is CC(C)CN1CCOC(CN=C(N)NC(C)C)C1.I. The van der Waals surface area contributed by atoms with Crippen molar-refractivity contribution >= 4 is 29.9 Å². The highest BCUT2D eigenvalue weighted by Gasteiger charge is 2.20. The first-order valence-electron chi connectivity index (χ1n) is 6.87. The van der Waals surface area contributed by atoms with Crippen LogP contribution in [-0.4, -0.2) is 55.8 Å². The second kappa shape index (κ2) is 9.77. The standard InChI is InChI=1S/C13H28N4O.HI/c1-10(2)8-17-5-6-18-12(9-17)7-15-13(14)16-11(3)4;/h10-12H,5-9H2,1-4H3,(H3,14,15,16);1H. The van der Waals surface area contributed by atoms with Gasteiger partial charge < -0.3 is 15.8 Å². The first-order valence-corrected chi connectivity index (χ1v) is 6.87. The first-order chi connectivity index (χ1) is 8.47. The van der Waals surface area contributed by atoms with E-state index in [0.717, 1.165) is 26.2 Å². The van der Waals surface area contributed by atoms with Crippen LogP contribution in [0.3, 0.4) is 0 Å². The van der Waals surface area contributed by atoms with Crippen LogP contribution in [0.25, 0.3) is 0 Å². The second-order valence-electron chi connectivity index (χ2n) is 5.67. The molecule has 1 aliphatic heterocycles. The predicted octanol–water partition coefficient (Wildman–Crippen LogP) is 1.27. The van der Waals surface area contributed by atoms with Gasteiger partial charge >= 0.3 is 0 Å². The Kier molecular flexibility index (Phi) is 9.72. The van der Waals surface area contributed by atoms with Crippen molar-refractivity contribution in [1.29, 1.82) is 0 Å². The van der Waals surface area contributed by atoms with Gasteiger partial charge in [0.05, 0.1) is 19.3 Å². The summed E-state index contributed by atoms with van der Waals surface area (Å²) >= 11 is 0. The Morgan fingerprint density at radius 3 is 2.68 bits per heavy atom. The molecular formula is C13H29IN4O. The number of nitrogens with one attached hydrogen (secondary N) is 1. The molecule has 19 heavy (non-hydrogen) atoms. The zero-order chi connectivity index (χ0) is 13.5.